The Bertz CT molecular complexity index is 910. The Morgan fingerprint density at radius 1 is 1.11 bits per heavy atom. The molecule has 0 radical (unpaired) electrons. The molecule has 0 heterocycles. The predicted molar refractivity (Wildman–Crippen MR) is 97.8 cm³/mol. The van der Waals surface area contributed by atoms with Crippen molar-refractivity contribution < 1.29 is 31.1 Å². The molecule has 2 aromatic rings. The van der Waals surface area contributed by atoms with Gasteiger partial charge in [-0.05, 0) is 37.3 Å². The third-order valence-corrected chi connectivity index (χ3v) is 5.56. The SMILES string of the molecule is Cc1ccc(S(=O)(=O)CCC(=O)NCCOc2cccc(C(F)(F)F)c2)cc1. The maximum absolute atomic E-state index is 12.6. The molecule has 0 aliphatic rings. The first-order valence-corrected chi connectivity index (χ1v) is 10.1. The Morgan fingerprint density at radius 3 is 2.43 bits per heavy atom. The standard InChI is InChI=1S/C19H20F3NO4S/c1-14-5-7-17(8-6-14)28(25,26)12-9-18(24)23-10-11-27-16-4-2-3-15(13-16)19(20,21)22/h2-8,13H,9-12H2,1H3,(H,23,24). The number of aryl methyl sites for hydroxylation is 1. The summed E-state index contributed by atoms with van der Waals surface area (Å²) >= 11 is 0. The number of carbonyl (C=O) groups excluding carboxylic acids is 1. The van der Waals surface area contributed by atoms with Crippen molar-refractivity contribution in [3.05, 3.63) is 59.7 Å². The molecule has 0 aliphatic heterocycles. The topological polar surface area (TPSA) is 72.5 Å². The summed E-state index contributed by atoms with van der Waals surface area (Å²) in [4.78, 5) is 11.9. The van der Waals surface area contributed by atoms with E-state index in [-0.39, 0.29) is 36.0 Å². The van der Waals surface area contributed by atoms with E-state index in [9.17, 15) is 26.4 Å². The number of rotatable bonds is 8. The Hall–Kier alpha value is -2.55. The van der Waals surface area contributed by atoms with Crippen LogP contribution in [0.3, 0.4) is 0 Å². The number of ether oxygens (including phenoxy) is 1. The summed E-state index contributed by atoms with van der Waals surface area (Å²) < 4.78 is 67.4. The van der Waals surface area contributed by atoms with Crippen molar-refractivity contribution in [1.82, 2.24) is 5.32 Å². The fourth-order valence-electron chi connectivity index (χ4n) is 2.30. The maximum atomic E-state index is 12.6. The second-order valence-electron chi connectivity index (χ2n) is 6.11. The van der Waals surface area contributed by atoms with E-state index in [2.05, 4.69) is 5.32 Å². The molecule has 152 valence electrons. The maximum Gasteiger partial charge on any atom is 0.416 e. The van der Waals surface area contributed by atoms with Gasteiger partial charge in [-0.1, -0.05) is 23.8 Å². The number of hydrogen-bond donors (Lipinski definition) is 1. The van der Waals surface area contributed by atoms with E-state index in [4.69, 9.17) is 4.74 Å². The Kier molecular flexibility index (Phi) is 7.06. The molecule has 1 amide bonds. The number of amides is 1. The average Bonchev–Trinajstić information content (AvgIpc) is 2.63. The van der Waals surface area contributed by atoms with Crippen LogP contribution in [0.5, 0.6) is 5.75 Å². The third-order valence-electron chi connectivity index (χ3n) is 3.83. The molecule has 28 heavy (non-hydrogen) atoms. The van der Waals surface area contributed by atoms with Gasteiger partial charge < -0.3 is 10.1 Å². The van der Waals surface area contributed by atoms with Crippen LogP contribution in [0.15, 0.2) is 53.4 Å². The van der Waals surface area contributed by atoms with Crippen LogP contribution >= 0.6 is 0 Å². The summed E-state index contributed by atoms with van der Waals surface area (Å²) in [6.45, 7) is 1.84. The van der Waals surface area contributed by atoms with E-state index in [1.54, 1.807) is 12.1 Å². The number of halogens is 3. The first-order chi connectivity index (χ1) is 13.1. The smallest absolute Gasteiger partial charge is 0.416 e. The van der Waals surface area contributed by atoms with Gasteiger partial charge in [0.15, 0.2) is 9.84 Å². The Morgan fingerprint density at radius 2 is 1.79 bits per heavy atom. The van der Waals surface area contributed by atoms with Gasteiger partial charge in [0.05, 0.1) is 22.8 Å². The summed E-state index contributed by atoms with van der Waals surface area (Å²) in [5.41, 5.74) is 0.104. The van der Waals surface area contributed by atoms with Crippen LogP contribution in [0.25, 0.3) is 0 Å². The van der Waals surface area contributed by atoms with E-state index < -0.39 is 27.5 Å². The quantitative estimate of drug-likeness (QED) is 0.671. The Balaban J connectivity index is 1.75. The van der Waals surface area contributed by atoms with Crippen LogP contribution in [0.1, 0.15) is 17.5 Å². The first kappa shape index (κ1) is 21.7. The zero-order valence-corrected chi connectivity index (χ0v) is 15.9. The highest BCUT2D eigenvalue weighted by Crippen LogP contribution is 2.31. The summed E-state index contributed by atoms with van der Waals surface area (Å²) in [5.74, 6) is -0.787. The molecular weight excluding hydrogens is 395 g/mol. The molecule has 0 spiro atoms. The molecule has 0 unspecified atom stereocenters. The van der Waals surface area contributed by atoms with Gasteiger partial charge in [0.2, 0.25) is 5.91 Å². The van der Waals surface area contributed by atoms with E-state index in [1.165, 1.54) is 24.3 Å². The minimum absolute atomic E-state index is 0.0334. The highest BCUT2D eigenvalue weighted by molar-refractivity contribution is 7.91. The number of sulfone groups is 1. The van der Waals surface area contributed by atoms with E-state index in [1.807, 2.05) is 6.92 Å². The zero-order valence-electron chi connectivity index (χ0n) is 15.1. The lowest BCUT2D eigenvalue weighted by Crippen LogP contribution is -2.29. The summed E-state index contributed by atoms with van der Waals surface area (Å²) in [6, 6.07) is 10.8. The normalized spacial score (nSPS) is 11.9. The second kappa shape index (κ2) is 9.09. The lowest BCUT2D eigenvalue weighted by Gasteiger charge is -2.11. The molecule has 0 saturated carbocycles. The van der Waals surface area contributed by atoms with Crippen LogP contribution < -0.4 is 10.1 Å². The molecule has 9 heteroatoms. The number of benzene rings is 2. The van der Waals surface area contributed by atoms with Crippen molar-refractivity contribution in [3.63, 3.8) is 0 Å². The van der Waals surface area contributed by atoms with Crippen molar-refractivity contribution in [2.24, 2.45) is 0 Å². The first-order valence-electron chi connectivity index (χ1n) is 8.44. The molecule has 0 atom stereocenters. The van der Waals surface area contributed by atoms with Crippen LogP contribution in [0, 0.1) is 6.92 Å². The number of carbonyl (C=O) groups is 1. The predicted octanol–water partition coefficient (Wildman–Crippen LogP) is 3.37. The minimum atomic E-state index is -4.46. The van der Waals surface area contributed by atoms with Crippen LogP contribution in [-0.4, -0.2) is 33.2 Å². The minimum Gasteiger partial charge on any atom is -0.492 e. The highest BCUT2D eigenvalue weighted by Gasteiger charge is 2.30. The lowest BCUT2D eigenvalue weighted by molar-refractivity contribution is -0.137. The second-order valence-corrected chi connectivity index (χ2v) is 8.22. The zero-order chi connectivity index (χ0) is 20.8. The van der Waals surface area contributed by atoms with Gasteiger partial charge in [-0.15, -0.1) is 0 Å². The Labute approximate surface area is 161 Å². The number of alkyl halides is 3. The number of hydrogen-bond acceptors (Lipinski definition) is 4. The van der Waals surface area contributed by atoms with Crippen molar-refractivity contribution in [3.8, 4) is 5.75 Å². The van der Waals surface area contributed by atoms with E-state index in [0.29, 0.717) is 0 Å². The van der Waals surface area contributed by atoms with Crippen LogP contribution in [-0.2, 0) is 20.8 Å². The van der Waals surface area contributed by atoms with Crippen molar-refractivity contribution in [2.45, 2.75) is 24.4 Å². The molecule has 5 nitrogen and oxygen atoms in total. The highest BCUT2D eigenvalue weighted by atomic mass is 32.2. The molecule has 0 fully saturated rings. The summed E-state index contributed by atoms with van der Waals surface area (Å²) in [5, 5.41) is 2.48. The molecule has 0 bridgehead atoms. The monoisotopic (exact) mass is 415 g/mol. The molecule has 1 N–H and O–H groups in total. The van der Waals surface area contributed by atoms with Gasteiger partial charge in [0.25, 0.3) is 0 Å². The van der Waals surface area contributed by atoms with Gasteiger partial charge in [-0.25, -0.2) is 8.42 Å². The molecule has 2 aromatic carbocycles. The summed E-state index contributed by atoms with van der Waals surface area (Å²) in [7, 11) is -3.56. The molecule has 0 saturated heterocycles. The van der Waals surface area contributed by atoms with Gasteiger partial charge in [-0.2, -0.15) is 13.2 Å². The fourth-order valence-corrected chi connectivity index (χ4v) is 3.54. The third kappa shape index (κ3) is 6.56. The summed E-state index contributed by atoms with van der Waals surface area (Å²) in [6.07, 6.45) is -4.68. The lowest BCUT2D eigenvalue weighted by atomic mass is 10.2. The van der Waals surface area contributed by atoms with Gasteiger partial charge in [0, 0.05) is 6.42 Å². The van der Waals surface area contributed by atoms with Crippen molar-refractivity contribution >= 4 is 15.7 Å². The van der Waals surface area contributed by atoms with Crippen molar-refractivity contribution in [2.75, 3.05) is 18.9 Å². The van der Waals surface area contributed by atoms with Gasteiger partial charge in [-0.3, -0.25) is 4.79 Å². The van der Waals surface area contributed by atoms with Crippen molar-refractivity contribution in [1.29, 1.82) is 0 Å². The average molecular weight is 415 g/mol. The van der Waals surface area contributed by atoms with Gasteiger partial charge >= 0.3 is 6.18 Å². The largest absolute Gasteiger partial charge is 0.492 e. The fraction of sp³-hybridized carbons (Fsp3) is 0.316. The van der Waals surface area contributed by atoms with Crippen LogP contribution in [0.2, 0.25) is 0 Å². The van der Waals surface area contributed by atoms with Crippen LogP contribution in [0.4, 0.5) is 13.2 Å². The van der Waals surface area contributed by atoms with Gasteiger partial charge in [0.1, 0.15) is 12.4 Å². The molecule has 0 aliphatic carbocycles. The molecule has 2 rings (SSSR count). The molecule has 0 aromatic heterocycles. The van der Waals surface area contributed by atoms with E-state index in [0.717, 1.165) is 17.7 Å². The molecular formula is C19H20F3NO4S. The number of nitrogens with one attached hydrogen (secondary N) is 1. The van der Waals surface area contributed by atoms with E-state index >= 15 is 0 Å².